The molecule has 0 atom stereocenters. The molecule has 0 aliphatic rings. The van der Waals surface area contributed by atoms with Crippen LogP contribution in [0.15, 0.2) is 63.1 Å². The number of fused-ring (bicyclic) bond motifs is 2. The van der Waals surface area contributed by atoms with E-state index in [0.29, 0.717) is 21.0 Å². The van der Waals surface area contributed by atoms with Crippen molar-refractivity contribution in [2.75, 3.05) is 6.61 Å². The zero-order valence-corrected chi connectivity index (χ0v) is 19.7. The van der Waals surface area contributed by atoms with E-state index in [-0.39, 0.29) is 34.6 Å². The number of aromatic nitrogens is 1. The third-order valence-corrected chi connectivity index (χ3v) is 7.06. The highest BCUT2D eigenvalue weighted by atomic mass is 32.1. The van der Waals surface area contributed by atoms with E-state index in [2.05, 4.69) is 4.98 Å². The quantitative estimate of drug-likeness (QED) is 0.225. The molecule has 34 heavy (non-hydrogen) atoms. The van der Waals surface area contributed by atoms with Crippen LogP contribution in [0.5, 0.6) is 5.75 Å². The highest BCUT2D eigenvalue weighted by Crippen LogP contribution is 2.34. The Morgan fingerprint density at radius 2 is 1.88 bits per heavy atom. The number of thiazole rings is 1. The molecule has 0 radical (unpaired) electrons. The van der Waals surface area contributed by atoms with E-state index in [9.17, 15) is 14.4 Å². The van der Waals surface area contributed by atoms with E-state index in [1.807, 2.05) is 24.3 Å². The highest BCUT2D eigenvalue weighted by Gasteiger charge is 2.27. The standard InChI is InChI=1S/C25H17NO6S2/c1-3-30-25(29)22-19(23-26-15-7-4-5-8-17(15)34-23)20(27)14-10-11-16(13(2)21(14)32-22)31-24(28)18-9-6-12-33-18/h4-12H,3H2,1-2H3. The second-order valence-corrected chi connectivity index (χ2v) is 9.25. The first-order valence-electron chi connectivity index (χ1n) is 10.4. The van der Waals surface area contributed by atoms with Gasteiger partial charge in [-0.1, -0.05) is 18.2 Å². The number of nitrogens with zero attached hydrogens (tertiary/aromatic N) is 1. The Bertz CT molecular complexity index is 1580. The molecule has 0 bridgehead atoms. The van der Waals surface area contributed by atoms with Crippen LogP contribution in [0, 0.1) is 6.92 Å². The van der Waals surface area contributed by atoms with Crippen LogP contribution in [0.3, 0.4) is 0 Å². The van der Waals surface area contributed by atoms with Crippen LogP contribution in [0.1, 0.15) is 32.7 Å². The summed E-state index contributed by atoms with van der Waals surface area (Å²) in [5.41, 5.74) is 0.914. The molecule has 0 amide bonds. The van der Waals surface area contributed by atoms with Gasteiger partial charge in [-0.05, 0) is 49.6 Å². The fourth-order valence-electron chi connectivity index (χ4n) is 3.54. The summed E-state index contributed by atoms with van der Waals surface area (Å²) in [7, 11) is 0. The fourth-order valence-corrected chi connectivity index (χ4v) is 5.15. The van der Waals surface area contributed by atoms with E-state index in [0.717, 1.165) is 4.70 Å². The van der Waals surface area contributed by atoms with Crippen molar-refractivity contribution in [3.8, 4) is 16.3 Å². The number of esters is 2. The van der Waals surface area contributed by atoms with Gasteiger partial charge in [-0.3, -0.25) is 4.79 Å². The molecular formula is C25H17NO6S2. The number of rotatable bonds is 5. The Hall–Kier alpha value is -3.82. The zero-order chi connectivity index (χ0) is 23.8. The van der Waals surface area contributed by atoms with Gasteiger partial charge in [0.2, 0.25) is 11.2 Å². The average Bonchev–Trinajstić information content (AvgIpc) is 3.51. The van der Waals surface area contributed by atoms with E-state index in [1.54, 1.807) is 37.4 Å². The highest BCUT2D eigenvalue weighted by molar-refractivity contribution is 7.21. The van der Waals surface area contributed by atoms with Crippen LogP contribution in [0.2, 0.25) is 0 Å². The van der Waals surface area contributed by atoms with Crippen molar-refractivity contribution >= 4 is 55.8 Å². The molecule has 0 aliphatic heterocycles. The SMILES string of the molecule is CCOC(=O)c1oc2c(C)c(OC(=O)c3cccs3)ccc2c(=O)c1-c1nc2ccccc2s1. The van der Waals surface area contributed by atoms with Crippen LogP contribution in [0.4, 0.5) is 0 Å². The van der Waals surface area contributed by atoms with Gasteiger partial charge in [0.1, 0.15) is 26.8 Å². The number of thiophene rings is 1. The molecule has 0 spiro atoms. The van der Waals surface area contributed by atoms with Gasteiger partial charge < -0.3 is 13.9 Å². The summed E-state index contributed by atoms with van der Waals surface area (Å²) in [6.45, 7) is 3.44. The molecule has 170 valence electrons. The van der Waals surface area contributed by atoms with Gasteiger partial charge in [0.15, 0.2) is 0 Å². The molecule has 5 aromatic rings. The lowest BCUT2D eigenvalue weighted by Gasteiger charge is -2.12. The number of carbonyl (C=O) groups excluding carboxylic acids is 2. The third-order valence-electron chi connectivity index (χ3n) is 5.15. The number of para-hydroxylation sites is 1. The second kappa shape index (κ2) is 8.85. The molecule has 0 aliphatic carbocycles. The summed E-state index contributed by atoms with van der Waals surface area (Å²) in [5, 5.41) is 2.39. The van der Waals surface area contributed by atoms with E-state index >= 15 is 0 Å². The summed E-state index contributed by atoms with van der Waals surface area (Å²) in [6.07, 6.45) is 0. The Morgan fingerprint density at radius 3 is 2.62 bits per heavy atom. The maximum Gasteiger partial charge on any atom is 0.375 e. The minimum absolute atomic E-state index is 0.0508. The van der Waals surface area contributed by atoms with Crippen LogP contribution < -0.4 is 10.2 Å². The number of hydrogen-bond acceptors (Lipinski definition) is 9. The van der Waals surface area contributed by atoms with Crippen molar-refractivity contribution in [3.05, 3.63) is 80.3 Å². The first kappa shape index (κ1) is 22.0. The van der Waals surface area contributed by atoms with Crippen LogP contribution in [-0.2, 0) is 4.74 Å². The van der Waals surface area contributed by atoms with Crippen molar-refractivity contribution in [1.29, 1.82) is 0 Å². The van der Waals surface area contributed by atoms with Gasteiger partial charge in [-0.15, -0.1) is 22.7 Å². The van der Waals surface area contributed by atoms with Gasteiger partial charge in [0, 0.05) is 5.56 Å². The van der Waals surface area contributed by atoms with Gasteiger partial charge in [0.05, 0.1) is 22.2 Å². The molecule has 3 heterocycles. The number of ether oxygens (including phenoxy) is 2. The fraction of sp³-hybridized carbons (Fsp3) is 0.120. The average molecular weight is 492 g/mol. The minimum Gasteiger partial charge on any atom is -0.460 e. The van der Waals surface area contributed by atoms with Gasteiger partial charge in [0.25, 0.3) is 0 Å². The second-order valence-electron chi connectivity index (χ2n) is 7.27. The molecule has 7 nitrogen and oxygen atoms in total. The maximum absolute atomic E-state index is 13.6. The van der Waals surface area contributed by atoms with Gasteiger partial charge in [-0.25, -0.2) is 14.6 Å². The number of carbonyl (C=O) groups is 2. The molecule has 0 saturated heterocycles. The molecular weight excluding hydrogens is 474 g/mol. The molecule has 0 unspecified atom stereocenters. The Morgan fingerprint density at radius 1 is 1.06 bits per heavy atom. The minimum atomic E-state index is -0.767. The normalized spacial score (nSPS) is 11.1. The predicted molar refractivity (Wildman–Crippen MR) is 131 cm³/mol. The van der Waals surface area contributed by atoms with Crippen LogP contribution in [0.25, 0.3) is 31.8 Å². The summed E-state index contributed by atoms with van der Waals surface area (Å²) in [6, 6.07) is 13.9. The summed E-state index contributed by atoms with van der Waals surface area (Å²) in [4.78, 5) is 43.8. The van der Waals surface area contributed by atoms with Crippen molar-refractivity contribution in [1.82, 2.24) is 4.98 Å². The largest absolute Gasteiger partial charge is 0.460 e. The molecule has 0 fully saturated rings. The topological polar surface area (TPSA) is 95.7 Å². The molecule has 3 aromatic heterocycles. The zero-order valence-electron chi connectivity index (χ0n) is 18.1. The number of aryl methyl sites for hydroxylation is 1. The number of benzene rings is 2. The Labute approximate surface area is 201 Å². The Balaban J connectivity index is 1.70. The van der Waals surface area contributed by atoms with Gasteiger partial charge >= 0.3 is 11.9 Å². The number of hydrogen-bond donors (Lipinski definition) is 0. The monoisotopic (exact) mass is 491 g/mol. The smallest absolute Gasteiger partial charge is 0.375 e. The van der Waals surface area contributed by atoms with Crippen LogP contribution >= 0.6 is 22.7 Å². The third kappa shape index (κ3) is 3.78. The summed E-state index contributed by atoms with van der Waals surface area (Å²) >= 11 is 2.55. The molecule has 9 heteroatoms. The lowest BCUT2D eigenvalue weighted by Crippen LogP contribution is -2.15. The molecule has 5 rings (SSSR count). The van der Waals surface area contributed by atoms with E-state index in [4.69, 9.17) is 13.9 Å². The predicted octanol–water partition coefficient (Wildman–Crippen LogP) is 5.84. The lowest BCUT2D eigenvalue weighted by atomic mass is 10.1. The van der Waals surface area contributed by atoms with Crippen molar-refractivity contribution < 1.29 is 23.5 Å². The maximum atomic E-state index is 13.6. The first-order valence-corrected chi connectivity index (χ1v) is 12.1. The van der Waals surface area contributed by atoms with Crippen LogP contribution in [-0.4, -0.2) is 23.5 Å². The molecule has 2 aromatic carbocycles. The van der Waals surface area contributed by atoms with Crippen molar-refractivity contribution in [3.63, 3.8) is 0 Å². The first-order chi connectivity index (χ1) is 16.5. The summed E-state index contributed by atoms with van der Waals surface area (Å²) in [5.74, 6) is -1.28. The lowest BCUT2D eigenvalue weighted by molar-refractivity contribution is 0.0491. The van der Waals surface area contributed by atoms with Crippen molar-refractivity contribution in [2.45, 2.75) is 13.8 Å². The van der Waals surface area contributed by atoms with E-state index < -0.39 is 17.4 Å². The summed E-state index contributed by atoms with van der Waals surface area (Å²) < 4.78 is 17.6. The Kier molecular flexibility index (Phi) is 5.72. The molecule has 0 N–H and O–H groups in total. The molecule has 0 saturated carbocycles. The van der Waals surface area contributed by atoms with Crippen molar-refractivity contribution in [2.24, 2.45) is 0 Å². The van der Waals surface area contributed by atoms with Gasteiger partial charge in [-0.2, -0.15) is 0 Å². The van der Waals surface area contributed by atoms with E-state index in [1.165, 1.54) is 28.7 Å².